The predicted octanol–water partition coefficient (Wildman–Crippen LogP) is 2.44. The number of ether oxygens (including phenoxy) is 1. The molecule has 74 valence electrons. The number of hydrogen-bond acceptors (Lipinski definition) is 3. The Morgan fingerprint density at radius 3 is 2.93 bits per heavy atom. The van der Waals surface area contributed by atoms with Crippen molar-refractivity contribution in [1.29, 1.82) is 5.26 Å². The first-order valence-electron chi connectivity index (χ1n) is 4.64. The number of phenolic OH excluding ortho intramolecular Hbond substituents is 1. The molecule has 3 heteroatoms. The molecule has 0 aliphatic carbocycles. The van der Waals surface area contributed by atoms with Crippen molar-refractivity contribution < 1.29 is 9.84 Å². The zero-order valence-electron chi connectivity index (χ0n) is 8.16. The van der Waals surface area contributed by atoms with Gasteiger partial charge in [-0.15, -0.1) is 0 Å². The Morgan fingerprint density at radius 2 is 2.29 bits per heavy atom. The van der Waals surface area contributed by atoms with Crippen LogP contribution in [0, 0.1) is 11.3 Å². The molecule has 0 saturated carbocycles. The molecular formula is C11H13NO2. The molecule has 0 spiro atoms. The molecule has 0 aliphatic rings. The number of nitrogens with zero attached hydrogens (tertiary/aromatic N) is 1. The summed E-state index contributed by atoms with van der Waals surface area (Å²) in [4.78, 5) is 0. The van der Waals surface area contributed by atoms with E-state index in [1.807, 2.05) is 6.07 Å². The van der Waals surface area contributed by atoms with E-state index in [0.29, 0.717) is 17.9 Å². The summed E-state index contributed by atoms with van der Waals surface area (Å²) in [5.41, 5.74) is 0.457. The van der Waals surface area contributed by atoms with Crippen molar-refractivity contribution >= 4 is 0 Å². The third-order valence-corrected chi connectivity index (χ3v) is 1.84. The van der Waals surface area contributed by atoms with Crippen molar-refractivity contribution in [3.05, 3.63) is 23.8 Å². The molecule has 1 aromatic rings. The third kappa shape index (κ3) is 2.67. The van der Waals surface area contributed by atoms with Gasteiger partial charge in [-0.1, -0.05) is 13.3 Å². The van der Waals surface area contributed by atoms with Crippen LogP contribution in [0.15, 0.2) is 18.2 Å². The lowest BCUT2D eigenvalue weighted by Gasteiger charge is -2.06. The van der Waals surface area contributed by atoms with E-state index in [1.165, 1.54) is 12.1 Å². The first kappa shape index (κ1) is 10.4. The highest BCUT2D eigenvalue weighted by molar-refractivity contribution is 5.46. The van der Waals surface area contributed by atoms with Gasteiger partial charge in [-0.3, -0.25) is 0 Å². The first-order chi connectivity index (χ1) is 6.77. The molecule has 0 bridgehead atoms. The number of benzene rings is 1. The summed E-state index contributed by atoms with van der Waals surface area (Å²) >= 11 is 0. The Hall–Kier alpha value is -1.69. The van der Waals surface area contributed by atoms with Crippen LogP contribution in [-0.4, -0.2) is 11.7 Å². The minimum absolute atomic E-state index is 0.121. The monoisotopic (exact) mass is 191 g/mol. The second kappa shape index (κ2) is 5.13. The number of nitriles is 1. The van der Waals surface area contributed by atoms with Crippen LogP contribution in [-0.2, 0) is 0 Å². The van der Waals surface area contributed by atoms with Crippen molar-refractivity contribution in [3.8, 4) is 17.6 Å². The Labute approximate surface area is 83.6 Å². The van der Waals surface area contributed by atoms with E-state index in [4.69, 9.17) is 10.00 Å². The van der Waals surface area contributed by atoms with Crippen molar-refractivity contribution in [3.63, 3.8) is 0 Å². The fraction of sp³-hybridized carbons (Fsp3) is 0.364. The lowest BCUT2D eigenvalue weighted by Crippen LogP contribution is -1.98. The van der Waals surface area contributed by atoms with Crippen molar-refractivity contribution in [2.24, 2.45) is 0 Å². The molecule has 1 rings (SSSR count). The number of aromatic hydroxyl groups is 1. The van der Waals surface area contributed by atoms with Gasteiger partial charge in [-0.05, 0) is 18.6 Å². The molecular weight excluding hydrogens is 178 g/mol. The molecule has 3 nitrogen and oxygen atoms in total. The largest absolute Gasteiger partial charge is 0.508 e. The van der Waals surface area contributed by atoms with Crippen molar-refractivity contribution in [2.45, 2.75) is 19.8 Å². The number of rotatable bonds is 4. The maximum Gasteiger partial charge on any atom is 0.140 e. The van der Waals surface area contributed by atoms with Gasteiger partial charge in [0.1, 0.15) is 17.6 Å². The van der Waals surface area contributed by atoms with Gasteiger partial charge < -0.3 is 9.84 Å². The third-order valence-electron chi connectivity index (χ3n) is 1.84. The summed E-state index contributed by atoms with van der Waals surface area (Å²) < 4.78 is 5.37. The smallest absolute Gasteiger partial charge is 0.140 e. The SMILES string of the molecule is CCCCOc1cc(O)ccc1C#N. The molecule has 1 N–H and O–H groups in total. The highest BCUT2D eigenvalue weighted by Crippen LogP contribution is 2.23. The summed E-state index contributed by atoms with van der Waals surface area (Å²) in [6.07, 6.45) is 1.99. The minimum atomic E-state index is 0.121. The molecule has 0 fully saturated rings. The lowest BCUT2D eigenvalue weighted by atomic mass is 10.2. The van der Waals surface area contributed by atoms with Gasteiger partial charge in [-0.2, -0.15) is 5.26 Å². The quantitative estimate of drug-likeness (QED) is 0.743. The van der Waals surface area contributed by atoms with Crippen LogP contribution in [0.4, 0.5) is 0 Å². The van der Waals surface area contributed by atoms with Crippen LogP contribution in [0.1, 0.15) is 25.3 Å². The average molecular weight is 191 g/mol. The molecule has 0 aromatic heterocycles. The molecule has 0 unspecified atom stereocenters. The van der Waals surface area contributed by atoms with Gasteiger partial charge in [-0.25, -0.2) is 0 Å². The van der Waals surface area contributed by atoms with E-state index in [2.05, 4.69) is 6.92 Å². The summed E-state index contributed by atoms with van der Waals surface area (Å²) in [7, 11) is 0. The van der Waals surface area contributed by atoms with Gasteiger partial charge in [0.05, 0.1) is 12.2 Å². The Morgan fingerprint density at radius 1 is 1.50 bits per heavy atom. The molecule has 0 heterocycles. The van der Waals surface area contributed by atoms with Gasteiger partial charge in [0.2, 0.25) is 0 Å². The van der Waals surface area contributed by atoms with E-state index >= 15 is 0 Å². The zero-order valence-corrected chi connectivity index (χ0v) is 8.16. The first-order valence-corrected chi connectivity index (χ1v) is 4.64. The van der Waals surface area contributed by atoms with Crippen molar-refractivity contribution in [2.75, 3.05) is 6.61 Å². The summed E-state index contributed by atoms with van der Waals surface area (Å²) in [5.74, 6) is 0.580. The van der Waals surface area contributed by atoms with E-state index in [9.17, 15) is 5.11 Å². The maximum atomic E-state index is 9.20. The molecule has 0 radical (unpaired) electrons. The van der Waals surface area contributed by atoms with E-state index in [0.717, 1.165) is 12.8 Å². The average Bonchev–Trinajstić information content (AvgIpc) is 2.19. The molecule has 14 heavy (non-hydrogen) atoms. The van der Waals surface area contributed by atoms with Crippen LogP contribution in [0.25, 0.3) is 0 Å². The molecule has 0 atom stereocenters. The van der Waals surface area contributed by atoms with Crippen molar-refractivity contribution in [1.82, 2.24) is 0 Å². The van der Waals surface area contributed by atoms with Crippen LogP contribution >= 0.6 is 0 Å². The van der Waals surface area contributed by atoms with Gasteiger partial charge in [0, 0.05) is 6.07 Å². The second-order valence-electron chi connectivity index (χ2n) is 2.99. The van der Waals surface area contributed by atoms with Crippen LogP contribution in [0.3, 0.4) is 0 Å². The molecule has 0 amide bonds. The van der Waals surface area contributed by atoms with Crippen LogP contribution < -0.4 is 4.74 Å². The van der Waals surface area contributed by atoms with E-state index in [1.54, 1.807) is 6.07 Å². The summed E-state index contributed by atoms with van der Waals surface area (Å²) in [6, 6.07) is 6.51. The lowest BCUT2D eigenvalue weighted by molar-refractivity contribution is 0.307. The van der Waals surface area contributed by atoms with Gasteiger partial charge >= 0.3 is 0 Å². The predicted molar refractivity (Wildman–Crippen MR) is 53.2 cm³/mol. The Balaban J connectivity index is 2.73. The van der Waals surface area contributed by atoms with Gasteiger partial charge in [0.15, 0.2) is 0 Å². The normalized spacial score (nSPS) is 9.43. The van der Waals surface area contributed by atoms with Crippen LogP contribution in [0.5, 0.6) is 11.5 Å². The number of hydrogen-bond donors (Lipinski definition) is 1. The highest BCUT2D eigenvalue weighted by Gasteiger charge is 2.03. The van der Waals surface area contributed by atoms with Gasteiger partial charge in [0.25, 0.3) is 0 Å². The topological polar surface area (TPSA) is 53.2 Å². The standard InChI is InChI=1S/C11H13NO2/c1-2-3-6-14-11-7-10(13)5-4-9(11)8-12/h4-5,7,13H,2-3,6H2,1H3. The number of unbranched alkanes of at least 4 members (excludes halogenated alkanes) is 1. The molecule has 1 aromatic carbocycles. The highest BCUT2D eigenvalue weighted by atomic mass is 16.5. The fourth-order valence-electron chi connectivity index (χ4n) is 1.05. The second-order valence-corrected chi connectivity index (χ2v) is 2.99. The molecule has 0 aliphatic heterocycles. The molecule has 0 saturated heterocycles. The fourth-order valence-corrected chi connectivity index (χ4v) is 1.05. The van der Waals surface area contributed by atoms with E-state index < -0.39 is 0 Å². The summed E-state index contributed by atoms with van der Waals surface area (Å²) in [5, 5.41) is 18.0. The summed E-state index contributed by atoms with van der Waals surface area (Å²) in [6.45, 7) is 2.64. The Bertz CT molecular complexity index is 342. The Kier molecular flexibility index (Phi) is 3.81. The maximum absolute atomic E-state index is 9.20. The number of phenols is 1. The zero-order chi connectivity index (χ0) is 10.4. The minimum Gasteiger partial charge on any atom is -0.508 e. The van der Waals surface area contributed by atoms with Crippen LogP contribution in [0.2, 0.25) is 0 Å². The van der Waals surface area contributed by atoms with E-state index in [-0.39, 0.29) is 5.75 Å².